The third-order valence-electron chi connectivity index (χ3n) is 2.46. The van der Waals surface area contributed by atoms with Crippen LogP contribution in [-0.2, 0) is 5.41 Å². The quantitative estimate of drug-likeness (QED) is 0.604. The lowest BCUT2D eigenvalue weighted by molar-refractivity contribution is 0.537. The average molecular weight is 347 g/mol. The molecule has 2 rings (SSSR count). The SMILES string of the molecule is CSc1nnc(Sc2nc(C(C)(C)C)nc(Cl)c2C)s1. The molecule has 0 aromatic carbocycles. The van der Waals surface area contributed by atoms with Gasteiger partial charge in [-0.2, -0.15) is 0 Å². The van der Waals surface area contributed by atoms with Crippen LogP contribution in [-0.4, -0.2) is 26.4 Å². The fraction of sp³-hybridized carbons (Fsp3) is 0.500. The summed E-state index contributed by atoms with van der Waals surface area (Å²) in [5.74, 6) is 0.741. The molecular weight excluding hydrogens is 332 g/mol. The first-order valence-corrected chi connectivity index (χ1v) is 9.15. The highest BCUT2D eigenvalue weighted by Crippen LogP contribution is 2.36. The highest BCUT2D eigenvalue weighted by atomic mass is 35.5. The minimum absolute atomic E-state index is 0.141. The largest absolute Gasteiger partial charge is 0.225 e. The Bertz CT molecular complexity index is 622. The summed E-state index contributed by atoms with van der Waals surface area (Å²) in [7, 11) is 0. The van der Waals surface area contributed by atoms with Gasteiger partial charge in [-0.15, -0.1) is 10.2 Å². The van der Waals surface area contributed by atoms with Gasteiger partial charge in [0, 0.05) is 11.0 Å². The zero-order valence-electron chi connectivity index (χ0n) is 11.9. The van der Waals surface area contributed by atoms with Crippen LogP contribution in [0.25, 0.3) is 0 Å². The molecule has 2 heterocycles. The Labute approximate surface area is 136 Å². The molecule has 0 saturated carbocycles. The molecular formula is C12H15ClN4S3. The molecule has 0 bridgehead atoms. The second kappa shape index (κ2) is 6.17. The molecule has 108 valence electrons. The third-order valence-corrected chi connectivity index (χ3v) is 5.87. The van der Waals surface area contributed by atoms with E-state index in [-0.39, 0.29) is 5.41 Å². The lowest BCUT2D eigenvalue weighted by atomic mass is 9.96. The first-order chi connectivity index (χ1) is 9.31. The number of halogens is 1. The van der Waals surface area contributed by atoms with Crippen LogP contribution < -0.4 is 0 Å². The number of thioether (sulfide) groups is 1. The van der Waals surface area contributed by atoms with Gasteiger partial charge in [-0.1, -0.05) is 55.5 Å². The van der Waals surface area contributed by atoms with Gasteiger partial charge < -0.3 is 0 Å². The van der Waals surface area contributed by atoms with Crippen molar-refractivity contribution in [1.82, 2.24) is 20.2 Å². The van der Waals surface area contributed by atoms with Crippen molar-refractivity contribution in [2.75, 3.05) is 6.26 Å². The van der Waals surface area contributed by atoms with Gasteiger partial charge in [-0.3, -0.25) is 0 Å². The number of hydrogen-bond donors (Lipinski definition) is 0. The lowest BCUT2D eigenvalue weighted by Crippen LogP contribution is -2.17. The standard InChI is InChI=1S/C12H15ClN4S3/c1-6-7(13)14-9(12(2,3)4)15-8(6)19-11-17-16-10(18-5)20-11/h1-5H3. The number of hydrogen-bond acceptors (Lipinski definition) is 7. The van der Waals surface area contributed by atoms with Crippen LogP contribution in [0.4, 0.5) is 0 Å². The Morgan fingerprint density at radius 3 is 2.30 bits per heavy atom. The third kappa shape index (κ3) is 3.63. The second-order valence-corrected chi connectivity index (χ2v) is 8.78. The maximum atomic E-state index is 6.22. The highest BCUT2D eigenvalue weighted by Gasteiger charge is 2.21. The zero-order chi connectivity index (χ0) is 14.9. The van der Waals surface area contributed by atoms with Crippen molar-refractivity contribution in [3.8, 4) is 0 Å². The number of rotatable bonds is 3. The van der Waals surface area contributed by atoms with Crippen molar-refractivity contribution >= 4 is 46.5 Å². The van der Waals surface area contributed by atoms with Crippen molar-refractivity contribution in [3.63, 3.8) is 0 Å². The van der Waals surface area contributed by atoms with E-state index in [1.807, 2.05) is 13.2 Å². The van der Waals surface area contributed by atoms with Crippen LogP contribution in [0.5, 0.6) is 0 Å². The van der Waals surface area contributed by atoms with Crippen LogP contribution in [0.2, 0.25) is 5.15 Å². The number of nitrogens with zero attached hydrogens (tertiary/aromatic N) is 4. The maximum Gasteiger partial charge on any atom is 0.181 e. The fourth-order valence-corrected chi connectivity index (χ4v) is 3.97. The van der Waals surface area contributed by atoms with Crippen LogP contribution in [0.1, 0.15) is 32.2 Å². The van der Waals surface area contributed by atoms with Gasteiger partial charge in [-0.25, -0.2) is 9.97 Å². The van der Waals surface area contributed by atoms with E-state index in [2.05, 4.69) is 40.9 Å². The van der Waals surface area contributed by atoms with Gasteiger partial charge in [0.15, 0.2) is 8.68 Å². The Morgan fingerprint density at radius 1 is 1.10 bits per heavy atom. The van der Waals surface area contributed by atoms with Crippen molar-refractivity contribution in [1.29, 1.82) is 0 Å². The van der Waals surface area contributed by atoms with Crippen molar-refractivity contribution in [3.05, 3.63) is 16.5 Å². The molecule has 0 spiro atoms. The first kappa shape index (κ1) is 16.0. The van der Waals surface area contributed by atoms with Crippen molar-refractivity contribution < 1.29 is 0 Å². The lowest BCUT2D eigenvalue weighted by Gasteiger charge is -2.18. The highest BCUT2D eigenvalue weighted by molar-refractivity contribution is 8.03. The van der Waals surface area contributed by atoms with Crippen LogP contribution >= 0.6 is 46.5 Å². The predicted octanol–water partition coefficient (Wildman–Crippen LogP) is 4.46. The van der Waals surface area contributed by atoms with Gasteiger partial charge in [-0.05, 0) is 24.9 Å². The molecule has 20 heavy (non-hydrogen) atoms. The Balaban J connectivity index is 2.37. The summed E-state index contributed by atoms with van der Waals surface area (Å²) in [5, 5.41) is 9.59. The smallest absolute Gasteiger partial charge is 0.181 e. The molecule has 0 aliphatic rings. The van der Waals surface area contributed by atoms with Crippen LogP contribution in [0, 0.1) is 6.92 Å². The summed E-state index contributed by atoms with van der Waals surface area (Å²) in [6.45, 7) is 8.13. The van der Waals surface area contributed by atoms with E-state index < -0.39 is 0 Å². The normalized spacial score (nSPS) is 11.9. The summed E-state index contributed by atoms with van der Waals surface area (Å²) in [6.07, 6.45) is 1.99. The summed E-state index contributed by atoms with van der Waals surface area (Å²) in [4.78, 5) is 9.01. The van der Waals surface area contributed by atoms with E-state index in [0.29, 0.717) is 5.15 Å². The minimum Gasteiger partial charge on any atom is -0.225 e. The van der Waals surface area contributed by atoms with Gasteiger partial charge in [0.2, 0.25) is 0 Å². The van der Waals surface area contributed by atoms with E-state index in [1.165, 1.54) is 11.8 Å². The van der Waals surface area contributed by atoms with Crippen molar-refractivity contribution in [2.45, 2.75) is 46.8 Å². The molecule has 0 aliphatic heterocycles. The molecule has 0 unspecified atom stereocenters. The summed E-state index contributed by atoms with van der Waals surface area (Å²) >= 11 is 10.9. The molecule has 0 saturated heterocycles. The molecule has 4 nitrogen and oxygen atoms in total. The van der Waals surface area contributed by atoms with Gasteiger partial charge in [0.1, 0.15) is 16.0 Å². The van der Waals surface area contributed by atoms with Crippen molar-refractivity contribution in [2.24, 2.45) is 0 Å². The second-order valence-electron chi connectivity index (χ2n) is 5.16. The Hall–Kier alpha value is -0.370. The molecule has 0 amide bonds. The minimum atomic E-state index is -0.141. The van der Waals surface area contributed by atoms with E-state index in [9.17, 15) is 0 Å². The molecule has 0 N–H and O–H groups in total. The Morgan fingerprint density at radius 2 is 1.75 bits per heavy atom. The average Bonchev–Trinajstić information content (AvgIpc) is 2.81. The number of aromatic nitrogens is 4. The zero-order valence-corrected chi connectivity index (χ0v) is 15.1. The molecule has 8 heteroatoms. The molecule has 2 aromatic rings. The van der Waals surface area contributed by atoms with Gasteiger partial charge in [0.05, 0.1) is 0 Å². The summed E-state index contributed by atoms with van der Waals surface area (Å²) < 4.78 is 1.81. The first-order valence-electron chi connectivity index (χ1n) is 5.91. The summed E-state index contributed by atoms with van der Waals surface area (Å²) in [5.41, 5.74) is 0.739. The van der Waals surface area contributed by atoms with Gasteiger partial charge in [0.25, 0.3) is 0 Å². The van der Waals surface area contributed by atoms with E-state index in [1.54, 1.807) is 23.1 Å². The van der Waals surface area contributed by atoms with E-state index in [0.717, 1.165) is 25.1 Å². The molecule has 0 radical (unpaired) electrons. The van der Waals surface area contributed by atoms with Gasteiger partial charge >= 0.3 is 0 Å². The predicted molar refractivity (Wildman–Crippen MR) is 86.3 cm³/mol. The maximum absolute atomic E-state index is 6.22. The van der Waals surface area contributed by atoms with E-state index >= 15 is 0 Å². The molecule has 0 atom stereocenters. The molecule has 2 aromatic heterocycles. The fourth-order valence-electron chi connectivity index (χ4n) is 1.31. The topological polar surface area (TPSA) is 51.6 Å². The monoisotopic (exact) mass is 346 g/mol. The molecule has 0 fully saturated rings. The Kier molecular flexibility index (Phi) is 4.94. The molecule has 0 aliphatic carbocycles. The summed E-state index contributed by atoms with van der Waals surface area (Å²) in [6, 6.07) is 0. The van der Waals surface area contributed by atoms with E-state index in [4.69, 9.17) is 11.6 Å². The van der Waals surface area contributed by atoms with Crippen LogP contribution in [0.15, 0.2) is 13.7 Å². The van der Waals surface area contributed by atoms with Crippen LogP contribution in [0.3, 0.4) is 0 Å².